The molecule has 0 unspecified atom stereocenters. The van der Waals surface area contributed by atoms with Crippen LogP contribution in [-0.4, -0.2) is 16.2 Å². The summed E-state index contributed by atoms with van der Waals surface area (Å²) < 4.78 is 30.3. The van der Waals surface area contributed by atoms with Crippen molar-refractivity contribution in [1.29, 1.82) is 0 Å². The van der Waals surface area contributed by atoms with Crippen LogP contribution in [0.25, 0.3) is 0 Å². The predicted molar refractivity (Wildman–Crippen MR) is 63.6 cm³/mol. The number of hydrogen-bond donors (Lipinski definition) is 1. The first-order chi connectivity index (χ1) is 8.65. The molecule has 96 valence electrons. The highest BCUT2D eigenvalue weighted by Gasteiger charge is 2.04. The first-order valence-corrected chi connectivity index (χ1v) is 5.39. The number of hydrogen-bond acceptors (Lipinski definition) is 3. The molecule has 0 bridgehead atoms. The van der Waals surface area contributed by atoms with Crippen LogP contribution in [-0.2, 0) is 13.6 Å². The second-order valence-electron chi connectivity index (χ2n) is 3.76. The van der Waals surface area contributed by atoms with Crippen molar-refractivity contribution in [3.05, 3.63) is 42.5 Å². The van der Waals surface area contributed by atoms with Crippen LogP contribution < -0.4 is 10.1 Å². The number of anilines is 1. The largest absolute Gasteiger partial charge is 0.435 e. The van der Waals surface area contributed by atoms with Gasteiger partial charge in [-0.25, -0.2) is 4.98 Å². The van der Waals surface area contributed by atoms with E-state index in [1.54, 1.807) is 24.7 Å². The van der Waals surface area contributed by atoms with Crippen LogP contribution in [0.2, 0.25) is 0 Å². The monoisotopic (exact) mass is 253 g/mol. The molecule has 18 heavy (non-hydrogen) atoms. The minimum Gasteiger partial charge on any atom is -0.435 e. The highest BCUT2D eigenvalue weighted by Crippen LogP contribution is 2.19. The van der Waals surface area contributed by atoms with Gasteiger partial charge >= 0.3 is 6.61 Å². The zero-order chi connectivity index (χ0) is 13.0. The van der Waals surface area contributed by atoms with Gasteiger partial charge in [0.05, 0.1) is 18.6 Å². The van der Waals surface area contributed by atoms with E-state index in [4.69, 9.17) is 0 Å². The van der Waals surface area contributed by atoms with Crippen LogP contribution in [0, 0.1) is 0 Å². The summed E-state index contributed by atoms with van der Waals surface area (Å²) in [4.78, 5) is 3.99. The molecule has 0 saturated carbocycles. The summed E-state index contributed by atoms with van der Waals surface area (Å²) >= 11 is 0. The van der Waals surface area contributed by atoms with E-state index in [2.05, 4.69) is 15.0 Å². The van der Waals surface area contributed by atoms with Gasteiger partial charge in [0.25, 0.3) is 0 Å². The zero-order valence-corrected chi connectivity index (χ0v) is 9.81. The van der Waals surface area contributed by atoms with E-state index in [-0.39, 0.29) is 5.75 Å². The van der Waals surface area contributed by atoms with E-state index >= 15 is 0 Å². The molecule has 1 aromatic heterocycles. The van der Waals surface area contributed by atoms with E-state index in [0.717, 1.165) is 5.69 Å². The van der Waals surface area contributed by atoms with E-state index in [1.165, 1.54) is 12.1 Å². The van der Waals surface area contributed by atoms with Crippen molar-refractivity contribution >= 4 is 5.69 Å². The molecule has 1 heterocycles. The number of alkyl halides is 2. The van der Waals surface area contributed by atoms with Crippen LogP contribution in [0.15, 0.2) is 36.8 Å². The number of rotatable bonds is 5. The maximum Gasteiger partial charge on any atom is 0.387 e. The summed E-state index contributed by atoms with van der Waals surface area (Å²) in [6, 6.07) is 6.46. The Balaban J connectivity index is 1.99. The maximum atomic E-state index is 12.1. The number of imidazole rings is 1. The Morgan fingerprint density at radius 2 is 2.28 bits per heavy atom. The summed E-state index contributed by atoms with van der Waals surface area (Å²) in [5, 5.41) is 3.12. The minimum atomic E-state index is -2.81. The number of aryl methyl sites for hydroxylation is 1. The molecular formula is C12H13F2N3O. The maximum absolute atomic E-state index is 12.1. The van der Waals surface area contributed by atoms with Gasteiger partial charge in [-0.15, -0.1) is 0 Å². The van der Waals surface area contributed by atoms with Crippen molar-refractivity contribution in [1.82, 2.24) is 9.55 Å². The van der Waals surface area contributed by atoms with Crippen molar-refractivity contribution in [2.24, 2.45) is 7.05 Å². The summed E-state index contributed by atoms with van der Waals surface area (Å²) in [5.74, 6) is 0.139. The quantitative estimate of drug-likeness (QED) is 0.890. The SMILES string of the molecule is Cn1cncc1CNc1cccc(OC(F)F)c1. The molecule has 0 radical (unpaired) electrons. The van der Waals surface area contributed by atoms with Gasteiger partial charge in [-0.3, -0.25) is 0 Å². The normalized spacial score (nSPS) is 10.7. The zero-order valence-electron chi connectivity index (χ0n) is 9.81. The van der Waals surface area contributed by atoms with Crippen molar-refractivity contribution < 1.29 is 13.5 Å². The molecule has 0 saturated heterocycles. The van der Waals surface area contributed by atoms with Crippen LogP contribution >= 0.6 is 0 Å². The first-order valence-electron chi connectivity index (χ1n) is 5.39. The van der Waals surface area contributed by atoms with E-state index in [1.807, 2.05) is 11.6 Å². The third kappa shape index (κ3) is 3.19. The molecule has 0 amide bonds. The lowest BCUT2D eigenvalue weighted by Gasteiger charge is -2.09. The van der Waals surface area contributed by atoms with E-state index < -0.39 is 6.61 Å². The van der Waals surface area contributed by atoms with Gasteiger partial charge in [-0.2, -0.15) is 8.78 Å². The molecule has 0 aliphatic carbocycles. The highest BCUT2D eigenvalue weighted by molar-refractivity contribution is 5.48. The number of nitrogens with one attached hydrogen (secondary N) is 1. The summed E-state index contributed by atoms with van der Waals surface area (Å²) in [6.45, 7) is -2.24. The Bertz CT molecular complexity index is 514. The Morgan fingerprint density at radius 3 is 2.94 bits per heavy atom. The summed E-state index contributed by atoms with van der Waals surface area (Å²) in [5.41, 5.74) is 1.71. The van der Waals surface area contributed by atoms with E-state index in [9.17, 15) is 8.78 Å². The third-order valence-electron chi connectivity index (χ3n) is 2.45. The van der Waals surface area contributed by atoms with Gasteiger partial charge in [-0.1, -0.05) is 6.07 Å². The lowest BCUT2D eigenvalue weighted by molar-refractivity contribution is -0.0498. The molecule has 2 rings (SSSR count). The molecule has 6 heteroatoms. The predicted octanol–water partition coefficient (Wildman–Crippen LogP) is 2.63. The van der Waals surface area contributed by atoms with Crippen LogP contribution in [0.1, 0.15) is 5.69 Å². The molecule has 0 aliphatic rings. The van der Waals surface area contributed by atoms with Gasteiger partial charge in [0.15, 0.2) is 0 Å². The van der Waals surface area contributed by atoms with Gasteiger partial charge in [0.1, 0.15) is 5.75 Å². The summed E-state index contributed by atoms with van der Waals surface area (Å²) in [7, 11) is 1.89. The highest BCUT2D eigenvalue weighted by atomic mass is 19.3. The van der Waals surface area contributed by atoms with Crippen LogP contribution in [0.4, 0.5) is 14.5 Å². The van der Waals surface area contributed by atoms with E-state index in [0.29, 0.717) is 12.2 Å². The first kappa shape index (κ1) is 12.3. The Hall–Kier alpha value is -2.11. The fourth-order valence-electron chi connectivity index (χ4n) is 1.53. The number of benzene rings is 1. The number of halogens is 2. The van der Waals surface area contributed by atoms with Crippen molar-refractivity contribution in [2.45, 2.75) is 13.2 Å². The fourth-order valence-corrected chi connectivity index (χ4v) is 1.53. The summed E-state index contributed by atoms with van der Waals surface area (Å²) in [6.07, 6.45) is 3.44. The van der Waals surface area contributed by atoms with Gasteiger partial charge in [-0.05, 0) is 12.1 Å². The Morgan fingerprint density at radius 1 is 1.44 bits per heavy atom. The van der Waals surface area contributed by atoms with Gasteiger partial charge in [0, 0.05) is 25.0 Å². The molecule has 1 aromatic carbocycles. The second-order valence-corrected chi connectivity index (χ2v) is 3.76. The molecular weight excluding hydrogens is 240 g/mol. The Labute approximate surface area is 103 Å². The topological polar surface area (TPSA) is 39.1 Å². The molecule has 1 N–H and O–H groups in total. The second kappa shape index (κ2) is 5.48. The van der Waals surface area contributed by atoms with Crippen LogP contribution in [0.5, 0.6) is 5.75 Å². The molecule has 0 atom stereocenters. The lowest BCUT2D eigenvalue weighted by Crippen LogP contribution is -2.05. The molecule has 2 aromatic rings. The smallest absolute Gasteiger partial charge is 0.387 e. The lowest BCUT2D eigenvalue weighted by atomic mass is 10.3. The Kier molecular flexibility index (Phi) is 3.76. The third-order valence-corrected chi connectivity index (χ3v) is 2.45. The minimum absolute atomic E-state index is 0.139. The van der Waals surface area contributed by atoms with Crippen molar-refractivity contribution in [3.63, 3.8) is 0 Å². The number of aromatic nitrogens is 2. The average Bonchev–Trinajstić information content (AvgIpc) is 2.72. The fraction of sp³-hybridized carbons (Fsp3) is 0.250. The van der Waals surface area contributed by atoms with Crippen LogP contribution in [0.3, 0.4) is 0 Å². The van der Waals surface area contributed by atoms with Gasteiger partial charge in [0.2, 0.25) is 0 Å². The molecule has 0 spiro atoms. The standard InChI is InChI=1S/C12H13F2N3O/c1-17-8-15-6-10(17)7-16-9-3-2-4-11(5-9)18-12(13)14/h2-6,8,12,16H,7H2,1H3. The molecule has 4 nitrogen and oxygen atoms in total. The van der Waals surface area contributed by atoms with Gasteiger partial charge < -0.3 is 14.6 Å². The molecule has 0 fully saturated rings. The molecule has 0 aliphatic heterocycles. The van der Waals surface area contributed by atoms with Crippen molar-refractivity contribution in [3.8, 4) is 5.75 Å². The number of nitrogens with zero attached hydrogens (tertiary/aromatic N) is 2. The average molecular weight is 253 g/mol. The van der Waals surface area contributed by atoms with Crippen molar-refractivity contribution in [2.75, 3.05) is 5.32 Å². The number of ether oxygens (including phenoxy) is 1.